The molecule has 17 heavy (non-hydrogen) atoms. The Balaban J connectivity index is 2.40. The zero-order valence-electron chi connectivity index (χ0n) is 9.52. The monoisotopic (exact) mass is 247 g/mol. The Morgan fingerprint density at radius 1 is 1.24 bits per heavy atom. The Morgan fingerprint density at radius 3 is 2.53 bits per heavy atom. The molecule has 2 aromatic rings. The van der Waals surface area contributed by atoms with Crippen molar-refractivity contribution in [2.24, 2.45) is 5.84 Å². The average Bonchev–Trinajstić information content (AvgIpc) is 2.35. The predicted molar refractivity (Wildman–Crippen MR) is 69.6 cm³/mol. The van der Waals surface area contributed by atoms with E-state index in [4.69, 9.17) is 17.4 Å². The minimum absolute atomic E-state index is 0.117. The van der Waals surface area contributed by atoms with Gasteiger partial charge < -0.3 is 0 Å². The van der Waals surface area contributed by atoms with Gasteiger partial charge >= 0.3 is 0 Å². The quantitative estimate of drug-likeness (QED) is 0.648. The lowest BCUT2D eigenvalue weighted by Gasteiger charge is -2.17. The molecular formula is C13H14ClN3. The number of halogens is 1. The first-order chi connectivity index (χ1) is 8.22. The van der Waals surface area contributed by atoms with Gasteiger partial charge in [0.1, 0.15) is 0 Å². The van der Waals surface area contributed by atoms with Gasteiger partial charge in [-0.05, 0) is 36.2 Å². The summed E-state index contributed by atoms with van der Waals surface area (Å²) in [6.07, 6.45) is 1.77. The van der Waals surface area contributed by atoms with Crippen LogP contribution in [0, 0.1) is 6.92 Å². The SMILES string of the molecule is Cc1cccnc1C(NN)c1ccc(Cl)cc1. The van der Waals surface area contributed by atoms with Gasteiger partial charge in [-0.1, -0.05) is 29.8 Å². The molecule has 0 aliphatic heterocycles. The number of rotatable bonds is 3. The summed E-state index contributed by atoms with van der Waals surface area (Å²) in [7, 11) is 0. The van der Waals surface area contributed by atoms with Crippen molar-refractivity contribution in [3.63, 3.8) is 0 Å². The first kappa shape index (κ1) is 12.0. The Hall–Kier alpha value is -1.42. The molecule has 0 aliphatic rings. The van der Waals surface area contributed by atoms with Crippen LogP contribution in [-0.2, 0) is 0 Å². The first-order valence-corrected chi connectivity index (χ1v) is 5.73. The van der Waals surface area contributed by atoms with Gasteiger partial charge in [-0.2, -0.15) is 0 Å². The maximum absolute atomic E-state index is 5.87. The Bertz CT molecular complexity index is 496. The van der Waals surface area contributed by atoms with Gasteiger partial charge in [-0.3, -0.25) is 10.8 Å². The number of nitrogens with one attached hydrogen (secondary N) is 1. The van der Waals surface area contributed by atoms with E-state index in [0.29, 0.717) is 5.02 Å². The summed E-state index contributed by atoms with van der Waals surface area (Å²) < 4.78 is 0. The second-order valence-electron chi connectivity index (χ2n) is 3.86. The normalized spacial score (nSPS) is 12.4. The van der Waals surface area contributed by atoms with Gasteiger partial charge in [0.25, 0.3) is 0 Å². The summed E-state index contributed by atoms with van der Waals surface area (Å²) >= 11 is 5.87. The molecule has 1 heterocycles. The number of aromatic nitrogens is 1. The zero-order chi connectivity index (χ0) is 12.3. The zero-order valence-corrected chi connectivity index (χ0v) is 10.3. The van der Waals surface area contributed by atoms with E-state index in [-0.39, 0.29) is 6.04 Å². The number of aryl methyl sites for hydroxylation is 1. The molecule has 3 nitrogen and oxygen atoms in total. The lowest BCUT2D eigenvalue weighted by molar-refractivity contribution is 0.617. The third-order valence-corrected chi connectivity index (χ3v) is 2.95. The standard InChI is InChI=1S/C13H14ClN3/c1-9-3-2-8-16-12(9)13(17-15)10-4-6-11(14)7-5-10/h2-8,13,17H,15H2,1H3. The number of hydrazine groups is 1. The van der Waals surface area contributed by atoms with E-state index >= 15 is 0 Å². The maximum Gasteiger partial charge on any atom is 0.0884 e. The van der Waals surface area contributed by atoms with Crippen LogP contribution >= 0.6 is 11.6 Å². The van der Waals surface area contributed by atoms with E-state index in [2.05, 4.69) is 10.4 Å². The molecule has 0 bridgehead atoms. The number of hydrogen-bond donors (Lipinski definition) is 2. The summed E-state index contributed by atoms with van der Waals surface area (Å²) in [4.78, 5) is 4.37. The highest BCUT2D eigenvalue weighted by atomic mass is 35.5. The molecule has 1 aromatic carbocycles. The van der Waals surface area contributed by atoms with Gasteiger partial charge in [0.05, 0.1) is 11.7 Å². The highest BCUT2D eigenvalue weighted by Gasteiger charge is 2.15. The van der Waals surface area contributed by atoms with Crippen molar-refractivity contribution in [3.8, 4) is 0 Å². The van der Waals surface area contributed by atoms with E-state index in [9.17, 15) is 0 Å². The summed E-state index contributed by atoms with van der Waals surface area (Å²) in [5.41, 5.74) is 5.86. The molecule has 0 aliphatic carbocycles. The maximum atomic E-state index is 5.87. The molecule has 1 atom stereocenters. The molecule has 4 heteroatoms. The minimum Gasteiger partial charge on any atom is -0.271 e. The number of hydrogen-bond acceptors (Lipinski definition) is 3. The first-order valence-electron chi connectivity index (χ1n) is 5.35. The summed E-state index contributed by atoms with van der Waals surface area (Å²) in [6.45, 7) is 2.02. The van der Waals surface area contributed by atoms with Gasteiger partial charge in [-0.15, -0.1) is 0 Å². The average molecular weight is 248 g/mol. The molecule has 1 unspecified atom stereocenters. The van der Waals surface area contributed by atoms with Crippen molar-refractivity contribution in [3.05, 3.63) is 64.4 Å². The van der Waals surface area contributed by atoms with Crippen LogP contribution in [0.15, 0.2) is 42.6 Å². The Morgan fingerprint density at radius 2 is 1.94 bits per heavy atom. The van der Waals surface area contributed by atoms with Gasteiger partial charge in [0.15, 0.2) is 0 Å². The van der Waals surface area contributed by atoms with Crippen LogP contribution in [0.4, 0.5) is 0 Å². The second kappa shape index (κ2) is 5.27. The fraction of sp³-hybridized carbons (Fsp3) is 0.154. The topological polar surface area (TPSA) is 50.9 Å². The van der Waals surface area contributed by atoms with Crippen molar-refractivity contribution in [1.82, 2.24) is 10.4 Å². The van der Waals surface area contributed by atoms with Gasteiger partial charge in [0, 0.05) is 11.2 Å². The van der Waals surface area contributed by atoms with Crippen LogP contribution < -0.4 is 11.3 Å². The third-order valence-electron chi connectivity index (χ3n) is 2.69. The molecule has 0 radical (unpaired) electrons. The molecule has 88 valence electrons. The lowest BCUT2D eigenvalue weighted by Crippen LogP contribution is -2.30. The van der Waals surface area contributed by atoms with Crippen LogP contribution in [-0.4, -0.2) is 4.98 Å². The number of benzene rings is 1. The highest BCUT2D eigenvalue weighted by molar-refractivity contribution is 6.30. The van der Waals surface area contributed by atoms with E-state index in [1.807, 2.05) is 43.3 Å². The highest BCUT2D eigenvalue weighted by Crippen LogP contribution is 2.23. The molecule has 0 amide bonds. The molecule has 0 saturated heterocycles. The van der Waals surface area contributed by atoms with Crippen molar-refractivity contribution < 1.29 is 0 Å². The molecule has 0 saturated carbocycles. The van der Waals surface area contributed by atoms with Crippen LogP contribution in [0.1, 0.15) is 22.9 Å². The molecule has 3 N–H and O–H groups in total. The van der Waals surface area contributed by atoms with Crippen molar-refractivity contribution in [1.29, 1.82) is 0 Å². The summed E-state index contributed by atoms with van der Waals surface area (Å²) in [6, 6.07) is 11.4. The summed E-state index contributed by atoms with van der Waals surface area (Å²) in [5, 5.41) is 0.710. The number of pyridine rings is 1. The molecule has 0 fully saturated rings. The molecular weight excluding hydrogens is 234 g/mol. The summed E-state index contributed by atoms with van der Waals surface area (Å²) in [5.74, 6) is 5.62. The van der Waals surface area contributed by atoms with Gasteiger partial charge in [-0.25, -0.2) is 5.43 Å². The van der Waals surface area contributed by atoms with E-state index in [1.165, 1.54) is 0 Å². The Labute approximate surface area is 106 Å². The lowest BCUT2D eigenvalue weighted by atomic mass is 10.0. The predicted octanol–water partition coefficient (Wildman–Crippen LogP) is 2.60. The van der Waals surface area contributed by atoms with Crippen LogP contribution in [0.2, 0.25) is 5.02 Å². The van der Waals surface area contributed by atoms with Crippen LogP contribution in [0.25, 0.3) is 0 Å². The number of nitrogens with zero attached hydrogens (tertiary/aromatic N) is 1. The Kier molecular flexibility index (Phi) is 3.74. The van der Waals surface area contributed by atoms with E-state index in [0.717, 1.165) is 16.8 Å². The largest absolute Gasteiger partial charge is 0.271 e. The van der Waals surface area contributed by atoms with Crippen LogP contribution in [0.5, 0.6) is 0 Å². The smallest absolute Gasteiger partial charge is 0.0884 e. The number of nitrogens with two attached hydrogens (primary N) is 1. The molecule has 2 rings (SSSR count). The van der Waals surface area contributed by atoms with Crippen molar-refractivity contribution >= 4 is 11.6 Å². The minimum atomic E-state index is -0.117. The van der Waals surface area contributed by atoms with E-state index < -0.39 is 0 Å². The van der Waals surface area contributed by atoms with Crippen molar-refractivity contribution in [2.75, 3.05) is 0 Å². The van der Waals surface area contributed by atoms with E-state index in [1.54, 1.807) is 6.20 Å². The van der Waals surface area contributed by atoms with Crippen LogP contribution in [0.3, 0.4) is 0 Å². The fourth-order valence-electron chi connectivity index (χ4n) is 1.79. The molecule has 1 aromatic heterocycles. The second-order valence-corrected chi connectivity index (χ2v) is 4.29. The fourth-order valence-corrected chi connectivity index (χ4v) is 1.91. The van der Waals surface area contributed by atoms with Gasteiger partial charge in [0.2, 0.25) is 0 Å². The molecule has 0 spiro atoms. The third kappa shape index (κ3) is 2.64. The van der Waals surface area contributed by atoms with Crippen molar-refractivity contribution in [2.45, 2.75) is 13.0 Å².